The summed E-state index contributed by atoms with van der Waals surface area (Å²) >= 11 is 0. The third kappa shape index (κ3) is 0.633. The Kier molecular flexibility index (Phi) is 0.859. The lowest BCUT2D eigenvalue weighted by atomic mass is 10.2. The van der Waals surface area contributed by atoms with Gasteiger partial charge in [0.25, 0.3) is 0 Å². The predicted octanol–water partition coefficient (Wildman–Crippen LogP) is 1.14. The van der Waals surface area contributed by atoms with Crippen LogP contribution in [0.25, 0.3) is 0 Å². The van der Waals surface area contributed by atoms with E-state index in [0.717, 1.165) is 12.2 Å². The van der Waals surface area contributed by atoms with Crippen LogP contribution in [0.4, 0.5) is 5.82 Å². The third-order valence-corrected chi connectivity index (χ3v) is 1.33. The summed E-state index contributed by atoms with van der Waals surface area (Å²) in [5, 5.41) is 0. The van der Waals surface area contributed by atoms with Gasteiger partial charge in [-0.1, -0.05) is 0 Å². The van der Waals surface area contributed by atoms with E-state index in [0.29, 0.717) is 0 Å². The van der Waals surface area contributed by atoms with E-state index >= 15 is 0 Å². The van der Waals surface area contributed by atoms with Crippen molar-refractivity contribution in [2.75, 3.05) is 0 Å². The van der Waals surface area contributed by atoms with Crippen LogP contribution in [0.2, 0.25) is 0 Å². The molecule has 1 aliphatic heterocycles. The Morgan fingerprint density at radius 3 is 3.44 bits per heavy atom. The van der Waals surface area contributed by atoms with Crippen LogP contribution in [0, 0.1) is 6.07 Å². The molecule has 1 radical (unpaired) electrons. The Morgan fingerprint density at radius 1 is 1.56 bits per heavy atom. The highest BCUT2D eigenvalue weighted by molar-refractivity contribution is 5.73. The summed E-state index contributed by atoms with van der Waals surface area (Å²) in [7, 11) is 0. The van der Waals surface area contributed by atoms with Crippen LogP contribution in [-0.2, 0) is 6.42 Å². The van der Waals surface area contributed by atoms with Crippen molar-refractivity contribution in [1.82, 2.24) is 4.98 Å². The van der Waals surface area contributed by atoms with Gasteiger partial charge in [-0.25, -0.2) is 9.98 Å². The molecule has 0 saturated carbocycles. The fourth-order valence-corrected chi connectivity index (χ4v) is 0.881. The minimum atomic E-state index is 0.855. The monoisotopic (exact) mass is 117 g/mol. The van der Waals surface area contributed by atoms with Crippen LogP contribution in [0.15, 0.2) is 17.3 Å². The molecule has 0 amide bonds. The molecule has 2 heteroatoms. The van der Waals surface area contributed by atoms with E-state index in [-0.39, 0.29) is 0 Å². The largest absolute Gasteiger partial charge is 0.241 e. The van der Waals surface area contributed by atoms with Crippen molar-refractivity contribution in [2.45, 2.75) is 6.42 Å². The van der Waals surface area contributed by atoms with Gasteiger partial charge in [0.15, 0.2) is 5.82 Å². The summed E-state index contributed by atoms with van der Waals surface area (Å²) in [6, 6.07) is 4.83. The average molecular weight is 117 g/mol. The Labute approximate surface area is 53.3 Å². The Balaban J connectivity index is 2.63. The van der Waals surface area contributed by atoms with Crippen molar-refractivity contribution in [3.05, 3.63) is 23.9 Å². The lowest BCUT2D eigenvalue weighted by molar-refractivity contribution is 1.24. The average Bonchev–Trinajstić information content (AvgIpc) is 2.33. The van der Waals surface area contributed by atoms with Gasteiger partial charge in [-0.2, -0.15) is 0 Å². The second kappa shape index (κ2) is 1.65. The number of rotatable bonds is 0. The third-order valence-electron chi connectivity index (χ3n) is 1.33. The molecular weight excluding hydrogens is 112 g/mol. The molecule has 2 heterocycles. The molecule has 0 fully saturated rings. The first kappa shape index (κ1) is 4.68. The first-order valence-corrected chi connectivity index (χ1v) is 2.84. The maximum absolute atomic E-state index is 4.04. The minimum absolute atomic E-state index is 0.855. The van der Waals surface area contributed by atoms with Gasteiger partial charge in [0.2, 0.25) is 0 Å². The van der Waals surface area contributed by atoms with Crippen LogP contribution in [-0.4, -0.2) is 11.2 Å². The van der Waals surface area contributed by atoms with E-state index in [1.54, 1.807) is 6.20 Å². The molecule has 43 valence electrons. The van der Waals surface area contributed by atoms with E-state index in [1.807, 2.05) is 12.3 Å². The highest BCUT2D eigenvalue weighted by Crippen LogP contribution is 2.18. The Bertz CT molecular complexity index is 253. The number of aliphatic imine (C=N–C) groups is 1. The molecule has 0 atom stereocenters. The highest BCUT2D eigenvalue weighted by Gasteiger charge is 2.03. The summed E-state index contributed by atoms with van der Waals surface area (Å²) in [6.45, 7) is 0. The van der Waals surface area contributed by atoms with Gasteiger partial charge in [-0.3, -0.25) is 0 Å². The van der Waals surface area contributed by atoms with Crippen molar-refractivity contribution in [2.24, 2.45) is 4.99 Å². The zero-order valence-corrected chi connectivity index (χ0v) is 4.83. The molecule has 1 aromatic rings. The first-order chi connectivity index (χ1) is 4.47. The predicted molar refractivity (Wildman–Crippen MR) is 34.9 cm³/mol. The standard InChI is InChI=1S/C7H5N2/c1-2-6-3-5-9-7(6)8-4-1/h2,4-5H,3H2. The number of hydrogen-bond donors (Lipinski definition) is 0. The second-order valence-corrected chi connectivity index (χ2v) is 1.93. The van der Waals surface area contributed by atoms with Crippen LogP contribution in [0.3, 0.4) is 0 Å². The van der Waals surface area contributed by atoms with E-state index < -0.39 is 0 Å². The fraction of sp³-hybridized carbons (Fsp3) is 0.143. The van der Waals surface area contributed by atoms with E-state index in [4.69, 9.17) is 0 Å². The van der Waals surface area contributed by atoms with Crippen molar-refractivity contribution < 1.29 is 0 Å². The molecule has 0 bridgehead atoms. The molecular formula is C7H5N2. The number of pyridine rings is 1. The van der Waals surface area contributed by atoms with E-state index in [1.165, 1.54) is 5.56 Å². The summed E-state index contributed by atoms with van der Waals surface area (Å²) < 4.78 is 0. The summed E-state index contributed by atoms with van der Waals surface area (Å²) in [4.78, 5) is 8.05. The number of nitrogens with zero attached hydrogens (tertiary/aromatic N) is 2. The topological polar surface area (TPSA) is 25.2 Å². The zero-order chi connectivity index (χ0) is 6.10. The zero-order valence-electron chi connectivity index (χ0n) is 4.83. The molecule has 0 aliphatic carbocycles. The Hall–Kier alpha value is -1.18. The molecule has 1 aliphatic rings. The van der Waals surface area contributed by atoms with Crippen LogP contribution in [0.1, 0.15) is 5.56 Å². The van der Waals surface area contributed by atoms with Crippen LogP contribution < -0.4 is 0 Å². The van der Waals surface area contributed by atoms with Gasteiger partial charge in [0.05, 0.1) is 0 Å². The summed E-state index contributed by atoms with van der Waals surface area (Å²) in [5.41, 5.74) is 1.18. The van der Waals surface area contributed by atoms with Gasteiger partial charge in [0, 0.05) is 30.5 Å². The van der Waals surface area contributed by atoms with Crippen molar-refractivity contribution >= 4 is 12.0 Å². The summed E-state index contributed by atoms with van der Waals surface area (Å²) in [5.74, 6) is 0.855. The highest BCUT2D eigenvalue weighted by atomic mass is 14.9. The SMILES string of the molecule is [c]1cnc2c(c1)CC=N2. The first-order valence-electron chi connectivity index (χ1n) is 2.84. The quantitative estimate of drug-likeness (QED) is 0.500. The van der Waals surface area contributed by atoms with Gasteiger partial charge < -0.3 is 0 Å². The molecule has 0 aromatic carbocycles. The van der Waals surface area contributed by atoms with Gasteiger partial charge in [-0.15, -0.1) is 0 Å². The van der Waals surface area contributed by atoms with Crippen LogP contribution >= 0.6 is 0 Å². The molecule has 0 saturated heterocycles. The van der Waals surface area contributed by atoms with Gasteiger partial charge in [-0.05, 0) is 6.07 Å². The lowest BCUT2D eigenvalue weighted by Crippen LogP contribution is -1.78. The molecule has 0 spiro atoms. The number of fused-ring (bicyclic) bond motifs is 1. The minimum Gasteiger partial charge on any atom is -0.241 e. The van der Waals surface area contributed by atoms with Crippen molar-refractivity contribution in [3.8, 4) is 0 Å². The fourth-order valence-electron chi connectivity index (χ4n) is 0.881. The van der Waals surface area contributed by atoms with E-state index in [2.05, 4.69) is 16.0 Å². The molecule has 0 unspecified atom stereocenters. The van der Waals surface area contributed by atoms with Gasteiger partial charge >= 0.3 is 0 Å². The number of hydrogen-bond acceptors (Lipinski definition) is 2. The summed E-state index contributed by atoms with van der Waals surface area (Å²) in [6.07, 6.45) is 4.42. The smallest absolute Gasteiger partial charge is 0.155 e. The lowest BCUT2D eigenvalue weighted by Gasteiger charge is -1.89. The maximum atomic E-state index is 4.04. The molecule has 0 N–H and O–H groups in total. The Morgan fingerprint density at radius 2 is 2.56 bits per heavy atom. The van der Waals surface area contributed by atoms with Gasteiger partial charge in [0.1, 0.15) is 0 Å². The molecule has 9 heavy (non-hydrogen) atoms. The molecule has 2 nitrogen and oxygen atoms in total. The molecule has 1 aromatic heterocycles. The maximum Gasteiger partial charge on any atom is 0.155 e. The van der Waals surface area contributed by atoms with Crippen LogP contribution in [0.5, 0.6) is 0 Å². The van der Waals surface area contributed by atoms with E-state index in [9.17, 15) is 0 Å². The van der Waals surface area contributed by atoms with Crippen molar-refractivity contribution in [1.29, 1.82) is 0 Å². The molecule has 2 rings (SSSR count). The number of aromatic nitrogens is 1. The normalized spacial score (nSPS) is 13.8. The second-order valence-electron chi connectivity index (χ2n) is 1.93. The van der Waals surface area contributed by atoms with Crippen molar-refractivity contribution in [3.63, 3.8) is 0 Å².